The van der Waals surface area contributed by atoms with Crippen LogP contribution in [0, 0.1) is 0 Å². The van der Waals surface area contributed by atoms with Gasteiger partial charge in [0.15, 0.2) is 5.58 Å². The molecule has 106 valence electrons. The molecule has 0 unspecified atom stereocenters. The molecule has 0 amide bonds. The Labute approximate surface area is 133 Å². The van der Waals surface area contributed by atoms with E-state index < -0.39 is 0 Å². The average Bonchev–Trinajstić information content (AvgIpc) is 2.99. The van der Waals surface area contributed by atoms with Crippen molar-refractivity contribution >= 4 is 22.7 Å². The fraction of sp³-hybridized carbons (Fsp3) is 0. The number of benzene rings is 3. The van der Waals surface area contributed by atoms with Crippen LogP contribution in [0.3, 0.4) is 0 Å². The highest BCUT2D eigenvalue weighted by Gasteiger charge is 2.09. The van der Waals surface area contributed by atoms with Gasteiger partial charge in [-0.3, -0.25) is 0 Å². The van der Waals surface area contributed by atoms with E-state index in [-0.39, 0.29) is 0 Å². The van der Waals surface area contributed by atoms with Crippen LogP contribution in [0.1, 0.15) is 0 Å². The molecule has 0 atom stereocenters. The van der Waals surface area contributed by atoms with E-state index in [1.807, 2.05) is 72.8 Å². The predicted molar refractivity (Wildman–Crippen MR) is 89.9 cm³/mol. The molecule has 0 radical (unpaired) electrons. The lowest BCUT2D eigenvalue weighted by atomic mass is 10.1. The first-order valence-corrected chi connectivity index (χ1v) is 7.39. The molecule has 22 heavy (non-hydrogen) atoms. The zero-order valence-corrected chi connectivity index (χ0v) is 12.4. The van der Waals surface area contributed by atoms with Gasteiger partial charge in [0.2, 0.25) is 5.89 Å². The highest BCUT2D eigenvalue weighted by Crippen LogP contribution is 2.29. The number of nitrogens with zero attached hydrogens (tertiary/aromatic N) is 1. The first kappa shape index (κ1) is 13.1. The van der Waals surface area contributed by atoms with Gasteiger partial charge in [0, 0.05) is 10.6 Å². The molecule has 0 spiro atoms. The smallest absolute Gasteiger partial charge is 0.227 e. The van der Waals surface area contributed by atoms with Crippen molar-refractivity contribution in [2.24, 2.45) is 0 Å². The second-order valence-corrected chi connectivity index (χ2v) is 5.51. The number of hydrogen-bond donors (Lipinski definition) is 0. The molecule has 0 aliphatic carbocycles. The fourth-order valence-corrected chi connectivity index (χ4v) is 2.67. The Balaban J connectivity index is 1.82. The largest absolute Gasteiger partial charge is 0.436 e. The number of hydrogen-bond acceptors (Lipinski definition) is 2. The molecule has 0 bridgehead atoms. The van der Waals surface area contributed by atoms with Gasteiger partial charge in [-0.2, -0.15) is 0 Å². The highest BCUT2D eigenvalue weighted by molar-refractivity contribution is 6.30. The quantitative estimate of drug-likeness (QED) is 0.466. The summed E-state index contributed by atoms with van der Waals surface area (Å²) in [5.41, 5.74) is 4.74. The Morgan fingerprint density at radius 1 is 0.727 bits per heavy atom. The van der Waals surface area contributed by atoms with Crippen molar-refractivity contribution in [1.29, 1.82) is 0 Å². The van der Waals surface area contributed by atoms with Gasteiger partial charge < -0.3 is 4.42 Å². The Kier molecular flexibility index (Phi) is 3.17. The van der Waals surface area contributed by atoms with Crippen molar-refractivity contribution in [1.82, 2.24) is 4.98 Å². The van der Waals surface area contributed by atoms with Crippen LogP contribution in [0.25, 0.3) is 33.7 Å². The molecule has 3 heteroatoms. The number of fused-ring (bicyclic) bond motifs is 1. The standard InChI is InChI=1S/C19H12ClNO/c20-16-8-4-7-14(11-16)15-9-10-18-17(12-15)21-19(22-18)13-5-2-1-3-6-13/h1-12H. The van der Waals surface area contributed by atoms with Crippen LogP contribution in [0.4, 0.5) is 0 Å². The maximum Gasteiger partial charge on any atom is 0.227 e. The van der Waals surface area contributed by atoms with E-state index in [0.29, 0.717) is 5.89 Å². The minimum atomic E-state index is 0.638. The maximum absolute atomic E-state index is 6.06. The summed E-state index contributed by atoms with van der Waals surface area (Å²) in [4.78, 5) is 4.59. The summed E-state index contributed by atoms with van der Waals surface area (Å²) in [6.45, 7) is 0. The lowest BCUT2D eigenvalue weighted by molar-refractivity contribution is 0.620. The number of aromatic nitrogens is 1. The Morgan fingerprint density at radius 2 is 1.50 bits per heavy atom. The van der Waals surface area contributed by atoms with Gasteiger partial charge in [-0.15, -0.1) is 0 Å². The topological polar surface area (TPSA) is 26.0 Å². The van der Waals surface area contributed by atoms with Crippen LogP contribution in [0.2, 0.25) is 5.02 Å². The van der Waals surface area contributed by atoms with Gasteiger partial charge >= 0.3 is 0 Å². The van der Waals surface area contributed by atoms with Gasteiger partial charge in [-0.05, 0) is 47.5 Å². The van der Waals surface area contributed by atoms with Gasteiger partial charge in [0.25, 0.3) is 0 Å². The molecule has 0 fully saturated rings. The number of halogens is 1. The zero-order valence-electron chi connectivity index (χ0n) is 11.7. The van der Waals surface area contributed by atoms with Crippen molar-refractivity contribution in [3.8, 4) is 22.6 Å². The molecule has 0 saturated carbocycles. The first-order chi connectivity index (χ1) is 10.8. The van der Waals surface area contributed by atoms with E-state index in [9.17, 15) is 0 Å². The summed E-state index contributed by atoms with van der Waals surface area (Å²) in [5.74, 6) is 0.638. The second-order valence-electron chi connectivity index (χ2n) is 5.08. The molecule has 3 aromatic carbocycles. The van der Waals surface area contributed by atoms with E-state index in [1.54, 1.807) is 0 Å². The normalized spacial score (nSPS) is 11.0. The Morgan fingerprint density at radius 3 is 2.32 bits per heavy atom. The summed E-state index contributed by atoms with van der Waals surface area (Å²) in [6, 6.07) is 23.7. The van der Waals surface area contributed by atoms with Crippen molar-refractivity contribution in [3.05, 3.63) is 77.8 Å². The molecule has 0 aliphatic rings. The first-order valence-electron chi connectivity index (χ1n) is 7.01. The van der Waals surface area contributed by atoms with Crippen molar-refractivity contribution in [3.63, 3.8) is 0 Å². The average molecular weight is 306 g/mol. The van der Waals surface area contributed by atoms with E-state index in [4.69, 9.17) is 16.0 Å². The molecule has 0 aliphatic heterocycles. The summed E-state index contributed by atoms with van der Waals surface area (Å²) in [5, 5.41) is 0.725. The Bertz CT molecular complexity index is 944. The van der Waals surface area contributed by atoms with Crippen molar-refractivity contribution in [2.75, 3.05) is 0 Å². The molecule has 0 saturated heterocycles. The molecule has 4 rings (SSSR count). The second kappa shape index (κ2) is 5.32. The predicted octanol–water partition coefficient (Wildman–Crippen LogP) is 5.82. The van der Waals surface area contributed by atoms with Crippen LogP contribution < -0.4 is 0 Å². The van der Waals surface area contributed by atoms with Crippen molar-refractivity contribution in [2.45, 2.75) is 0 Å². The molecule has 4 aromatic rings. The third-order valence-corrected chi connectivity index (χ3v) is 3.80. The van der Waals surface area contributed by atoms with E-state index in [0.717, 1.165) is 32.8 Å². The SMILES string of the molecule is Clc1cccc(-c2ccc3oc(-c4ccccc4)nc3c2)c1. The molecular formula is C19H12ClNO. The maximum atomic E-state index is 6.06. The van der Waals surface area contributed by atoms with E-state index in [1.165, 1.54) is 0 Å². The van der Waals surface area contributed by atoms with Crippen LogP contribution in [0.15, 0.2) is 77.2 Å². The summed E-state index contributed by atoms with van der Waals surface area (Å²) in [7, 11) is 0. The lowest BCUT2D eigenvalue weighted by Gasteiger charge is -2.01. The van der Waals surface area contributed by atoms with Crippen LogP contribution in [-0.4, -0.2) is 4.98 Å². The zero-order chi connectivity index (χ0) is 14.9. The van der Waals surface area contributed by atoms with Gasteiger partial charge in [-0.1, -0.05) is 48.0 Å². The van der Waals surface area contributed by atoms with Gasteiger partial charge in [-0.25, -0.2) is 4.98 Å². The van der Waals surface area contributed by atoms with Crippen LogP contribution in [0.5, 0.6) is 0 Å². The molecule has 1 aromatic heterocycles. The fourth-order valence-electron chi connectivity index (χ4n) is 2.48. The third-order valence-electron chi connectivity index (χ3n) is 3.57. The summed E-state index contributed by atoms with van der Waals surface area (Å²) >= 11 is 6.06. The minimum absolute atomic E-state index is 0.638. The molecular weight excluding hydrogens is 294 g/mol. The molecule has 2 nitrogen and oxygen atoms in total. The highest BCUT2D eigenvalue weighted by atomic mass is 35.5. The van der Waals surface area contributed by atoms with E-state index >= 15 is 0 Å². The molecule has 0 N–H and O–H groups in total. The molecule has 1 heterocycles. The monoisotopic (exact) mass is 305 g/mol. The van der Waals surface area contributed by atoms with Crippen molar-refractivity contribution < 1.29 is 4.42 Å². The van der Waals surface area contributed by atoms with Gasteiger partial charge in [0.05, 0.1) is 0 Å². The minimum Gasteiger partial charge on any atom is -0.436 e. The van der Waals surface area contributed by atoms with E-state index in [2.05, 4.69) is 4.98 Å². The van der Waals surface area contributed by atoms with Crippen LogP contribution >= 0.6 is 11.6 Å². The third kappa shape index (κ3) is 2.38. The van der Waals surface area contributed by atoms with Gasteiger partial charge in [0.1, 0.15) is 5.52 Å². The Hall–Kier alpha value is -2.58. The summed E-state index contributed by atoms with van der Waals surface area (Å²) < 4.78 is 5.83. The lowest BCUT2D eigenvalue weighted by Crippen LogP contribution is -1.78. The number of rotatable bonds is 2. The number of oxazole rings is 1. The summed E-state index contributed by atoms with van der Waals surface area (Å²) in [6.07, 6.45) is 0. The van der Waals surface area contributed by atoms with Crippen LogP contribution in [-0.2, 0) is 0 Å².